The SMILES string of the molecule is Cc1c(F)c(F)cc2c1c(=O)c(C(=O)O)c1sccn12. The summed E-state index contributed by atoms with van der Waals surface area (Å²) in [4.78, 5) is 23.8. The Morgan fingerprint density at radius 2 is 2.10 bits per heavy atom. The van der Waals surface area contributed by atoms with E-state index in [1.165, 1.54) is 17.5 Å². The number of hydrogen-bond acceptors (Lipinski definition) is 3. The van der Waals surface area contributed by atoms with Crippen LogP contribution in [0.5, 0.6) is 0 Å². The Morgan fingerprint density at radius 1 is 1.40 bits per heavy atom. The maximum atomic E-state index is 13.6. The molecular formula is C13H7F2NO3S. The molecule has 0 spiro atoms. The first-order valence-corrected chi connectivity index (χ1v) is 6.45. The molecule has 0 fully saturated rings. The van der Waals surface area contributed by atoms with E-state index in [0.29, 0.717) is 0 Å². The molecule has 0 unspecified atom stereocenters. The number of aryl methyl sites for hydroxylation is 1. The van der Waals surface area contributed by atoms with Crippen molar-refractivity contribution in [3.05, 3.63) is 50.6 Å². The number of rotatable bonds is 1. The molecular weight excluding hydrogens is 288 g/mol. The lowest BCUT2D eigenvalue weighted by atomic mass is 10.1. The summed E-state index contributed by atoms with van der Waals surface area (Å²) in [5, 5.41) is 10.6. The van der Waals surface area contributed by atoms with E-state index in [1.807, 2.05) is 0 Å². The number of carboxylic acids is 1. The number of benzene rings is 1. The van der Waals surface area contributed by atoms with Gasteiger partial charge in [-0.3, -0.25) is 4.79 Å². The average molecular weight is 295 g/mol. The van der Waals surface area contributed by atoms with Crippen LogP contribution in [0.1, 0.15) is 15.9 Å². The smallest absolute Gasteiger partial charge is 0.342 e. The van der Waals surface area contributed by atoms with Crippen molar-refractivity contribution in [3.8, 4) is 0 Å². The molecule has 0 radical (unpaired) electrons. The van der Waals surface area contributed by atoms with Gasteiger partial charge in [0.05, 0.1) is 10.9 Å². The highest BCUT2D eigenvalue weighted by molar-refractivity contribution is 7.16. The van der Waals surface area contributed by atoms with Crippen molar-refractivity contribution in [3.63, 3.8) is 0 Å². The maximum Gasteiger partial charge on any atom is 0.342 e. The standard InChI is InChI=1S/C13H7F2NO3S/c1-5-8-7(4-6(14)10(5)15)16-2-3-20-12(16)9(11(8)17)13(18)19/h2-4H,1H3,(H,18,19). The summed E-state index contributed by atoms with van der Waals surface area (Å²) in [7, 11) is 0. The van der Waals surface area contributed by atoms with Crippen LogP contribution in [0.3, 0.4) is 0 Å². The summed E-state index contributed by atoms with van der Waals surface area (Å²) in [6.45, 7) is 1.26. The third-order valence-corrected chi connectivity index (χ3v) is 4.07. The van der Waals surface area contributed by atoms with Gasteiger partial charge in [-0.25, -0.2) is 13.6 Å². The van der Waals surface area contributed by atoms with E-state index in [0.717, 1.165) is 17.4 Å². The molecule has 0 aliphatic rings. The Hall–Kier alpha value is -2.28. The first-order chi connectivity index (χ1) is 9.43. The lowest BCUT2D eigenvalue weighted by molar-refractivity contribution is 0.0697. The van der Waals surface area contributed by atoms with Gasteiger partial charge in [-0.2, -0.15) is 0 Å². The number of halogens is 2. The summed E-state index contributed by atoms with van der Waals surface area (Å²) in [5.41, 5.74) is -1.26. The van der Waals surface area contributed by atoms with E-state index in [2.05, 4.69) is 0 Å². The van der Waals surface area contributed by atoms with Gasteiger partial charge >= 0.3 is 5.97 Å². The van der Waals surface area contributed by atoms with Crippen molar-refractivity contribution in [2.75, 3.05) is 0 Å². The van der Waals surface area contributed by atoms with Gasteiger partial charge in [0.2, 0.25) is 5.43 Å². The first-order valence-electron chi connectivity index (χ1n) is 5.57. The molecule has 2 heterocycles. The highest BCUT2D eigenvalue weighted by Gasteiger charge is 2.22. The molecule has 0 saturated carbocycles. The maximum absolute atomic E-state index is 13.6. The molecule has 4 nitrogen and oxygen atoms in total. The molecule has 0 bridgehead atoms. The number of aromatic carboxylic acids is 1. The Bertz CT molecular complexity index is 942. The second-order valence-electron chi connectivity index (χ2n) is 4.28. The summed E-state index contributed by atoms with van der Waals surface area (Å²) >= 11 is 1.05. The topological polar surface area (TPSA) is 58.8 Å². The average Bonchev–Trinajstić information content (AvgIpc) is 2.84. The minimum absolute atomic E-state index is 0.114. The van der Waals surface area contributed by atoms with Crippen LogP contribution in [0.25, 0.3) is 15.7 Å². The number of aromatic nitrogens is 1. The van der Waals surface area contributed by atoms with Crippen LogP contribution in [0.15, 0.2) is 22.4 Å². The number of nitrogens with zero attached hydrogens (tertiary/aromatic N) is 1. The normalized spacial score (nSPS) is 11.3. The number of carboxylic acid groups (broad SMARTS) is 1. The van der Waals surface area contributed by atoms with Crippen LogP contribution < -0.4 is 5.43 Å². The van der Waals surface area contributed by atoms with Crippen molar-refractivity contribution in [2.24, 2.45) is 0 Å². The van der Waals surface area contributed by atoms with Crippen molar-refractivity contribution in [1.29, 1.82) is 0 Å². The van der Waals surface area contributed by atoms with Gasteiger partial charge in [0, 0.05) is 23.2 Å². The van der Waals surface area contributed by atoms with Crippen molar-refractivity contribution in [2.45, 2.75) is 6.92 Å². The zero-order chi connectivity index (χ0) is 14.6. The van der Waals surface area contributed by atoms with E-state index in [4.69, 9.17) is 0 Å². The summed E-state index contributed by atoms with van der Waals surface area (Å²) < 4.78 is 28.6. The number of thiazole rings is 1. The van der Waals surface area contributed by atoms with Gasteiger partial charge < -0.3 is 9.51 Å². The largest absolute Gasteiger partial charge is 0.477 e. The summed E-state index contributed by atoms with van der Waals surface area (Å²) in [5.74, 6) is -3.60. The minimum atomic E-state index is -1.39. The third kappa shape index (κ3) is 1.50. The molecule has 0 aliphatic heterocycles. The Balaban J connectivity index is 2.73. The molecule has 0 aliphatic carbocycles. The zero-order valence-electron chi connectivity index (χ0n) is 10.1. The van der Waals surface area contributed by atoms with Crippen molar-refractivity contribution < 1.29 is 18.7 Å². The highest BCUT2D eigenvalue weighted by Crippen LogP contribution is 2.26. The quantitative estimate of drug-likeness (QED) is 0.751. The first kappa shape index (κ1) is 12.7. The van der Waals surface area contributed by atoms with Gasteiger partial charge in [-0.15, -0.1) is 11.3 Å². The fourth-order valence-corrected chi connectivity index (χ4v) is 3.16. The van der Waals surface area contributed by atoms with Gasteiger partial charge in [-0.05, 0) is 6.92 Å². The molecule has 7 heteroatoms. The van der Waals surface area contributed by atoms with Gasteiger partial charge in [0.15, 0.2) is 11.6 Å². The lowest BCUT2D eigenvalue weighted by Gasteiger charge is -2.08. The van der Waals surface area contributed by atoms with E-state index >= 15 is 0 Å². The molecule has 102 valence electrons. The molecule has 2 aromatic heterocycles. The molecule has 1 aromatic carbocycles. The monoisotopic (exact) mass is 295 g/mol. The summed E-state index contributed by atoms with van der Waals surface area (Å²) in [6.07, 6.45) is 1.52. The van der Waals surface area contributed by atoms with Gasteiger partial charge in [0.1, 0.15) is 10.4 Å². The van der Waals surface area contributed by atoms with Gasteiger partial charge in [-0.1, -0.05) is 0 Å². The van der Waals surface area contributed by atoms with E-state index in [-0.39, 0.29) is 21.3 Å². The number of pyridine rings is 1. The van der Waals surface area contributed by atoms with Crippen LogP contribution in [0, 0.1) is 18.6 Å². The summed E-state index contributed by atoms with van der Waals surface area (Å²) in [6, 6.07) is 0.907. The molecule has 3 rings (SSSR count). The molecule has 1 N–H and O–H groups in total. The predicted octanol–water partition coefficient (Wildman–Crippen LogP) is 2.80. The molecule has 0 amide bonds. The zero-order valence-corrected chi connectivity index (χ0v) is 10.9. The Morgan fingerprint density at radius 3 is 2.75 bits per heavy atom. The number of carbonyl (C=O) groups is 1. The second kappa shape index (κ2) is 4.11. The van der Waals surface area contributed by atoms with Crippen LogP contribution >= 0.6 is 11.3 Å². The fraction of sp³-hybridized carbons (Fsp3) is 0.0769. The molecule has 20 heavy (non-hydrogen) atoms. The van der Waals surface area contributed by atoms with E-state index in [1.54, 1.807) is 5.38 Å². The Labute approximate surface area is 114 Å². The van der Waals surface area contributed by atoms with E-state index in [9.17, 15) is 23.5 Å². The third-order valence-electron chi connectivity index (χ3n) is 3.18. The number of hydrogen-bond donors (Lipinski definition) is 1. The predicted molar refractivity (Wildman–Crippen MR) is 70.7 cm³/mol. The van der Waals surface area contributed by atoms with Crippen LogP contribution in [-0.2, 0) is 0 Å². The Kier molecular flexibility index (Phi) is 2.62. The fourth-order valence-electron chi connectivity index (χ4n) is 2.27. The molecule has 3 aromatic rings. The van der Waals surface area contributed by atoms with Gasteiger partial charge in [0.25, 0.3) is 0 Å². The molecule has 0 saturated heterocycles. The van der Waals surface area contributed by atoms with Crippen LogP contribution in [0.4, 0.5) is 8.78 Å². The highest BCUT2D eigenvalue weighted by atomic mass is 32.1. The van der Waals surface area contributed by atoms with Crippen molar-refractivity contribution in [1.82, 2.24) is 4.40 Å². The van der Waals surface area contributed by atoms with E-state index < -0.39 is 28.6 Å². The van der Waals surface area contributed by atoms with Crippen molar-refractivity contribution >= 4 is 33.0 Å². The minimum Gasteiger partial charge on any atom is -0.477 e. The molecule has 0 atom stereocenters. The van der Waals surface area contributed by atoms with Crippen LogP contribution in [-0.4, -0.2) is 15.5 Å². The lowest BCUT2D eigenvalue weighted by Crippen LogP contribution is -2.18. The number of fused-ring (bicyclic) bond motifs is 3. The van der Waals surface area contributed by atoms with Crippen LogP contribution in [0.2, 0.25) is 0 Å². The second-order valence-corrected chi connectivity index (χ2v) is 5.17.